The van der Waals surface area contributed by atoms with Gasteiger partial charge in [-0.3, -0.25) is 0 Å². The van der Waals surface area contributed by atoms with Crippen LogP contribution in [0.15, 0.2) is 48.5 Å². The van der Waals surface area contributed by atoms with Crippen LogP contribution in [0, 0.1) is 13.0 Å². The Morgan fingerprint density at radius 1 is 0.800 bits per heavy atom. The Labute approximate surface area is 89.2 Å². The average Bonchev–Trinajstić information content (AvgIpc) is 2.29. The van der Waals surface area contributed by atoms with Crippen molar-refractivity contribution in [1.29, 1.82) is 0 Å². The first-order valence-corrected chi connectivity index (χ1v) is 5.15. The van der Waals surface area contributed by atoms with Crippen LogP contribution in [0.25, 0.3) is 21.5 Å². The van der Waals surface area contributed by atoms with Gasteiger partial charge in [-0.05, 0) is 40.1 Å². The molecule has 0 bridgehead atoms. The minimum atomic E-state index is 1.19. The van der Waals surface area contributed by atoms with E-state index >= 15 is 0 Å². The predicted molar refractivity (Wildman–Crippen MR) is 65.0 cm³/mol. The zero-order valence-corrected chi connectivity index (χ0v) is 8.62. The third-order valence-electron chi connectivity index (χ3n) is 2.80. The lowest BCUT2D eigenvalue weighted by molar-refractivity contribution is 1.50. The molecule has 0 atom stereocenters. The van der Waals surface area contributed by atoms with Crippen molar-refractivity contribution in [2.45, 2.75) is 6.92 Å². The number of hydrogen-bond donors (Lipinski definition) is 0. The average molecular weight is 191 g/mol. The van der Waals surface area contributed by atoms with Crippen LogP contribution in [0.3, 0.4) is 0 Å². The summed E-state index contributed by atoms with van der Waals surface area (Å²) in [6.45, 7) is 2.08. The molecule has 0 saturated heterocycles. The lowest BCUT2D eigenvalue weighted by Gasteiger charge is -2.03. The van der Waals surface area contributed by atoms with Crippen LogP contribution in [-0.4, -0.2) is 0 Å². The van der Waals surface area contributed by atoms with E-state index in [1.165, 1.54) is 27.1 Å². The summed E-state index contributed by atoms with van der Waals surface area (Å²) in [5.41, 5.74) is 1.19. The van der Waals surface area contributed by atoms with Gasteiger partial charge in [-0.1, -0.05) is 48.5 Å². The van der Waals surface area contributed by atoms with E-state index in [1.54, 1.807) is 0 Å². The van der Waals surface area contributed by atoms with Crippen molar-refractivity contribution >= 4 is 21.5 Å². The molecule has 71 valence electrons. The highest BCUT2D eigenvalue weighted by molar-refractivity contribution is 6.07. The fourth-order valence-electron chi connectivity index (χ4n) is 2.02. The van der Waals surface area contributed by atoms with Gasteiger partial charge in [-0.15, -0.1) is 0 Å². The zero-order chi connectivity index (χ0) is 10.3. The van der Waals surface area contributed by atoms with E-state index in [9.17, 15) is 0 Å². The first kappa shape index (κ1) is 8.49. The van der Waals surface area contributed by atoms with Gasteiger partial charge in [-0.25, -0.2) is 0 Å². The van der Waals surface area contributed by atoms with Crippen LogP contribution in [0.2, 0.25) is 0 Å². The maximum absolute atomic E-state index is 3.43. The molecule has 3 aromatic rings. The first-order valence-electron chi connectivity index (χ1n) is 5.15. The highest BCUT2D eigenvalue weighted by Gasteiger charge is 1.99. The molecule has 1 radical (unpaired) electrons. The molecule has 0 amide bonds. The van der Waals surface area contributed by atoms with Crippen LogP contribution >= 0.6 is 0 Å². The topological polar surface area (TPSA) is 0 Å². The molecule has 0 nitrogen and oxygen atoms in total. The quantitative estimate of drug-likeness (QED) is 0.469. The van der Waals surface area contributed by atoms with Crippen LogP contribution in [-0.2, 0) is 0 Å². The molecule has 0 aromatic heterocycles. The van der Waals surface area contributed by atoms with Crippen LogP contribution in [0.1, 0.15) is 5.56 Å². The van der Waals surface area contributed by atoms with Gasteiger partial charge >= 0.3 is 0 Å². The summed E-state index contributed by atoms with van der Waals surface area (Å²) in [6, 6.07) is 20.5. The molecule has 3 rings (SSSR count). The van der Waals surface area contributed by atoms with Crippen molar-refractivity contribution in [2.75, 3.05) is 0 Å². The number of fused-ring (bicyclic) bond motifs is 3. The largest absolute Gasteiger partial charge is 0.0616 e. The maximum atomic E-state index is 3.43. The van der Waals surface area contributed by atoms with E-state index in [-0.39, 0.29) is 0 Å². The van der Waals surface area contributed by atoms with Crippen molar-refractivity contribution in [3.63, 3.8) is 0 Å². The Balaban J connectivity index is 2.57. The standard InChI is InChI=1S/C15H11/c1-11-6-7-13-9-8-12-4-2-3-5-14(12)15(13)10-11/h2-9H,1H3. The van der Waals surface area contributed by atoms with E-state index < -0.39 is 0 Å². The Hall–Kier alpha value is -1.82. The van der Waals surface area contributed by atoms with Gasteiger partial charge in [0, 0.05) is 0 Å². The fraction of sp³-hybridized carbons (Fsp3) is 0.0667. The van der Waals surface area contributed by atoms with E-state index in [1.807, 2.05) is 0 Å². The monoisotopic (exact) mass is 191 g/mol. The van der Waals surface area contributed by atoms with E-state index in [0.29, 0.717) is 0 Å². The SMILES string of the molecule is Cc1[c]c2c(cc1)ccc1ccccc12. The van der Waals surface area contributed by atoms with Crippen molar-refractivity contribution in [3.05, 3.63) is 60.2 Å². The Morgan fingerprint density at radius 3 is 2.47 bits per heavy atom. The van der Waals surface area contributed by atoms with Crippen molar-refractivity contribution < 1.29 is 0 Å². The molecular formula is C15H11. The number of aryl methyl sites for hydroxylation is 1. The molecule has 0 aliphatic carbocycles. The Morgan fingerprint density at radius 2 is 1.53 bits per heavy atom. The van der Waals surface area contributed by atoms with E-state index in [4.69, 9.17) is 0 Å². The summed E-state index contributed by atoms with van der Waals surface area (Å²) in [4.78, 5) is 0. The second-order valence-electron chi connectivity index (χ2n) is 3.89. The molecule has 0 unspecified atom stereocenters. The van der Waals surface area contributed by atoms with Gasteiger partial charge in [0.05, 0.1) is 0 Å². The minimum Gasteiger partial charge on any atom is -0.0616 e. The third kappa shape index (κ3) is 1.30. The van der Waals surface area contributed by atoms with Gasteiger partial charge in [-0.2, -0.15) is 0 Å². The number of benzene rings is 3. The number of hydrogen-bond acceptors (Lipinski definition) is 0. The van der Waals surface area contributed by atoms with E-state index in [0.717, 1.165) is 0 Å². The summed E-state index contributed by atoms with van der Waals surface area (Å²) >= 11 is 0. The molecular weight excluding hydrogens is 180 g/mol. The van der Waals surface area contributed by atoms with Gasteiger partial charge in [0.25, 0.3) is 0 Å². The third-order valence-corrected chi connectivity index (χ3v) is 2.80. The van der Waals surface area contributed by atoms with Crippen LogP contribution < -0.4 is 0 Å². The summed E-state index contributed by atoms with van der Waals surface area (Å²) in [5.74, 6) is 0. The summed E-state index contributed by atoms with van der Waals surface area (Å²) in [5, 5.41) is 5.07. The molecule has 0 saturated carbocycles. The smallest absolute Gasteiger partial charge is 0.00238 e. The maximum Gasteiger partial charge on any atom is -0.00238 e. The first-order chi connectivity index (χ1) is 7.34. The lowest BCUT2D eigenvalue weighted by atomic mass is 10.0. The molecule has 0 fully saturated rings. The van der Waals surface area contributed by atoms with E-state index in [2.05, 4.69) is 61.5 Å². The lowest BCUT2D eigenvalue weighted by Crippen LogP contribution is -1.79. The molecule has 0 spiro atoms. The highest BCUT2D eigenvalue weighted by Crippen LogP contribution is 2.25. The van der Waals surface area contributed by atoms with Gasteiger partial charge in [0.2, 0.25) is 0 Å². The molecule has 0 aliphatic rings. The minimum absolute atomic E-state index is 1.19. The molecule has 0 aliphatic heterocycles. The number of rotatable bonds is 0. The van der Waals surface area contributed by atoms with Gasteiger partial charge in [0.1, 0.15) is 0 Å². The van der Waals surface area contributed by atoms with Crippen molar-refractivity contribution in [1.82, 2.24) is 0 Å². The molecule has 0 heterocycles. The second-order valence-corrected chi connectivity index (χ2v) is 3.89. The Kier molecular flexibility index (Phi) is 1.75. The molecule has 3 aromatic carbocycles. The highest BCUT2D eigenvalue weighted by atomic mass is 14.0. The molecule has 0 N–H and O–H groups in total. The van der Waals surface area contributed by atoms with Crippen LogP contribution in [0.4, 0.5) is 0 Å². The van der Waals surface area contributed by atoms with Crippen LogP contribution in [0.5, 0.6) is 0 Å². The predicted octanol–water partition coefficient (Wildman–Crippen LogP) is 4.10. The molecule has 0 heteroatoms. The Bertz CT molecular complexity index is 636. The fourth-order valence-corrected chi connectivity index (χ4v) is 2.02. The van der Waals surface area contributed by atoms with Gasteiger partial charge < -0.3 is 0 Å². The van der Waals surface area contributed by atoms with Gasteiger partial charge in [0.15, 0.2) is 0 Å². The van der Waals surface area contributed by atoms with Crippen molar-refractivity contribution in [3.8, 4) is 0 Å². The summed E-state index contributed by atoms with van der Waals surface area (Å²) in [6.07, 6.45) is 0. The summed E-state index contributed by atoms with van der Waals surface area (Å²) < 4.78 is 0. The summed E-state index contributed by atoms with van der Waals surface area (Å²) in [7, 11) is 0. The normalized spacial score (nSPS) is 11.0. The second kappa shape index (κ2) is 3.09. The zero-order valence-electron chi connectivity index (χ0n) is 8.62. The van der Waals surface area contributed by atoms with Crippen molar-refractivity contribution in [2.24, 2.45) is 0 Å². The molecule has 15 heavy (non-hydrogen) atoms.